The van der Waals surface area contributed by atoms with E-state index in [0.717, 1.165) is 27.2 Å². The number of nitrogens with zero attached hydrogens (tertiary/aromatic N) is 4. The van der Waals surface area contributed by atoms with E-state index in [0.29, 0.717) is 5.19 Å². The highest BCUT2D eigenvalue weighted by Gasteiger charge is 2.08. The van der Waals surface area contributed by atoms with Gasteiger partial charge in [-0.25, -0.2) is 4.68 Å². The molecule has 2 aromatic heterocycles. The van der Waals surface area contributed by atoms with Gasteiger partial charge in [-0.3, -0.25) is 0 Å². The van der Waals surface area contributed by atoms with Crippen molar-refractivity contribution < 1.29 is 4.74 Å². The molecule has 0 spiro atoms. The van der Waals surface area contributed by atoms with Crippen LogP contribution in [0.5, 0.6) is 5.19 Å². The maximum atomic E-state index is 5.55. The standard InChI is InChI=1S/C17H20N4OS2/c1-11(2)22-16-18-19-17(24-16)23-10-14-5-7-15(8-6-14)21-13(4)9-12(3)20-21/h5-9,11H,10H2,1-4H3. The van der Waals surface area contributed by atoms with Crippen molar-refractivity contribution in [2.75, 3.05) is 0 Å². The second-order valence-corrected chi connectivity index (χ2v) is 7.96. The third-order valence-corrected chi connectivity index (χ3v) is 5.30. The molecule has 3 aromatic rings. The summed E-state index contributed by atoms with van der Waals surface area (Å²) < 4.78 is 8.44. The molecule has 24 heavy (non-hydrogen) atoms. The third kappa shape index (κ3) is 4.15. The molecule has 0 saturated carbocycles. The van der Waals surface area contributed by atoms with Gasteiger partial charge in [0.25, 0.3) is 5.19 Å². The van der Waals surface area contributed by atoms with Crippen molar-refractivity contribution in [1.82, 2.24) is 20.0 Å². The van der Waals surface area contributed by atoms with Crippen LogP contribution in [0, 0.1) is 13.8 Å². The average Bonchev–Trinajstić information content (AvgIpc) is 3.11. The van der Waals surface area contributed by atoms with Crippen molar-refractivity contribution in [3.63, 3.8) is 0 Å². The Kier molecular flexibility index (Phi) is 5.20. The molecule has 0 unspecified atom stereocenters. The lowest BCUT2D eigenvalue weighted by Crippen LogP contribution is -2.04. The van der Waals surface area contributed by atoms with Crippen LogP contribution in [-0.2, 0) is 5.75 Å². The van der Waals surface area contributed by atoms with E-state index >= 15 is 0 Å². The highest BCUT2D eigenvalue weighted by molar-refractivity contribution is 8.00. The summed E-state index contributed by atoms with van der Waals surface area (Å²) in [5.41, 5.74) is 4.49. The first-order valence-corrected chi connectivity index (χ1v) is 9.57. The quantitative estimate of drug-likeness (QED) is 0.609. The summed E-state index contributed by atoms with van der Waals surface area (Å²) in [6.45, 7) is 8.04. The normalized spacial score (nSPS) is 11.2. The van der Waals surface area contributed by atoms with Crippen molar-refractivity contribution in [2.24, 2.45) is 0 Å². The maximum absolute atomic E-state index is 5.55. The van der Waals surface area contributed by atoms with Crippen molar-refractivity contribution in [3.05, 3.63) is 47.3 Å². The summed E-state index contributed by atoms with van der Waals surface area (Å²) in [5.74, 6) is 0.855. The Balaban J connectivity index is 1.62. The molecule has 0 aliphatic heterocycles. The minimum absolute atomic E-state index is 0.123. The molecule has 0 saturated heterocycles. The topological polar surface area (TPSA) is 52.8 Å². The zero-order valence-corrected chi connectivity index (χ0v) is 15.8. The van der Waals surface area contributed by atoms with Gasteiger partial charge in [-0.15, -0.1) is 5.10 Å². The Bertz CT molecular complexity index is 808. The van der Waals surface area contributed by atoms with E-state index in [4.69, 9.17) is 4.74 Å². The number of ether oxygens (including phenoxy) is 1. The summed E-state index contributed by atoms with van der Waals surface area (Å²) in [7, 11) is 0. The molecule has 0 amide bonds. The van der Waals surface area contributed by atoms with Crippen LogP contribution in [0.25, 0.3) is 5.69 Å². The van der Waals surface area contributed by atoms with Gasteiger partial charge in [-0.1, -0.05) is 29.0 Å². The monoisotopic (exact) mass is 360 g/mol. The highest BCUT2D eigenvalue weighted by Crippen LogP contribution is 2.30. The molecule has 5 nitrogen and oxygen atoms in total. The summed E-state index contributed by atoms with van der Waals surface area (Å²) in [4.78, 5) is 0. The van der Waals surface area contributed by atoms with Crippen LogP contribution in [-0.4, -0.2) is 26.1 Å². The molecule has 0 bridgehead atoms. The highest BCUT2D eigenvalue weighted by atomic mass is 32.2. The predicted octanol–water partition coefficient (Wildman–Crippen LogP) is 4.42. The summed E-state index contributed by atoms with van der Waals surface area (Å²) in [6, 6.07) is 10.5. The van der Waals surface area contributed by atoms with Gasteiger partial charge in [-0.05, 0) is 62.8 Å². The third-order valence-electron chi connectivity index (χ3n) is 3.28. The first-order chi connectivity index (χ1) is 11.5. The smallest absolute Gasteiger partial charge is 0.295 e. The number of aromatic nitrogens is 4. The lowest BCUT2D eigenvalue weighted by atomic mass is 10.2. The Hall–Kier alpha value is -1.86. The van der Waals surface area contributed by atoms with E-state index < -0.39 is 0 Å². The lowest BCUT2D eigenvalue weighted by molar-refractivity contribution is 0.239. The zero-order valence-electron chi connectivity index (χ0n) is 14.2. The van der Waals surface area contributed by atoms with Crippen molar-refractivity contribution in [2.45, 2.75) is 43.9 Å². The summed E-state index contributed by atoms with van der Waals surface area (Å²) >= 11 is 3.16. The number of thioether (sulfide) groups is 1. The molecule has 126 valence electrons. The second-order valence-electron chi connectivity index (χ2n) is 5.79. The van der Waals surface area contributed by atoms with E-state index in [1.54, 1.807) is 11.8 Å². The van der Waals surface area contributed by atoms with E-state index in [1.807, 2.05) is 25.5 Å². The van der Waals surface area contributed by atoms with Crippen LogP contribution in [0.3, 0.4) is 0 Å². The fraction of sp³-hybridized carbons (Fsp3) is 0.353. The van der Waals surface area contributed by atoms with E-state index in [-0.39, 0.29) is 6.10 Å². The van der Waals surface area contributed by atoms with Gasteiger partial charge in [0.2, 0.25) is 0 Å². The van der Waals surface area contributed by atoms with Gasteiger partial charge < -0.3 is 4.74 Å². The predicted molar refractivity (Wildman–Crippen MR) is 98.3 cm³/mol. The van der Waals surface area contributed by atoms with Crippen LogP contribution in [0.4, 0.5) is 0 Å². The number of hydrogen-bond acceptors (Lipinski definition) is 6. The van der Waals surface area contributed by atoms with Crippen LogP contribution in [0.2, 0.25) is 0 Å². The minimum Gasteiger partial charge on any atom is -0.466 e. The number of rotatable bonds is 6. The van der Waals surface area contributed by atoms with Crippen LogP contribution in [0.1, 0.15) is 30.8 Å². The minimum atomic E-state index is 0.123. The zero-order chi connectivity index (χ0) is 17.1. The van der Waals surface area contributed by atoms with Gasteiger partial charge in [0.15, 0.2) is 4.34 Å². The first-order valence-electron chi connectivity index (χ1n) is 7.77. The lowest BCUT2D eigenvalue weighted by Gasteiger charge is -2.05. The van der Waals surface area contributed by atoms with Crippen LogP contribution < -0.4 is 4.74 Å². The molecule has 0 aliphatic rings. The molecule has 1 aromatic carbocycles. The largest absolute Gasteiger partial charge is 0.466 e. The fourth-order valence-corrected chi connectivity index (χ4v) is 4.03. The van der Waals surface area contributed by atoms with Gasteiger partial charge in [0.1, 0.15) is 0 Å². The molecule has 3 rings (SSSR count). The van der Waals surface area contributed by atoms with E-state index in [1.165, 1.54) is 16.9 Å². The van der Waals surface area contributed by atoms with Crippen LogP contribution in [0.15, 0.2) is 34.7 Å². The maximum Gasteiger partial charge on any atom is 0.295 e. The molecule has 0 fully saturated rings. The molecule has 0 atom stereocenters. The SMILES string of the molecule is Cc1cc(C)n(-c2ccc(CSc3nnc(OC(C)C)s3)cc2)n1. The summed E-state index contributed by atoms with van der Waals surface area (Å²) in [5, 5.41) is 13.3. The van der Waals surface area contributed by atoms with E-state index in [9.17, 15) is 0 Å². The Morgan fingerprint density at radius 1 is 1.17 bits per heavy atom. The second kappa shape index (κ2) is 7.36. The molecule has 7 heteroatoms. The molecule has 0 N–H and O–H groups in total. The number of benzene rings is 1. The van der Waals surface area contributed by atoms with Gasteiger partial charge in [0, 0.05) is 11.4 Å². The number of hydrogen-bond donors (Lipinski definition) is 0. The molecule has 0 aliphatic carbocycles. The Morgan fingerprint density at radius 3 is 2.54 bits per heavy atom. The molecule has 0 radical (unpaired) electrons. The van der Waals surface area contributed by atoms with Crippen molar-refractivity contribution in [1.29, 1.82) is 0 Å². The Morgan fingerprint density at radius 2 is 1.92 bits per heavy atom. The molecular formula is C17H20N4OS2. The van der Waals surface area contributed by atoms with Gasteiger partial charge >= 0.3 is 0 Å². The number of aryl methyl sites for hydroxylation is 2. The van der Waals surface area contributed by atoms with Crippen LogP contribution >= 0.6 is 23.1 Å². The van der Waals surface area contributed by atoms with Gasteiger partial charge in [-0.2, -0.15) is 5.10 Å². The molecule has 2 heterocycles. The van der Waals surface area contributed by atoms with Crippen molar-refractivity contribution in [3.8, 4) is 10.9 Å². The molecular weight excluding hydrogens is 340 g/mol. The van der Waals surface area contributed by atoms with E-state index in [2.05, 4.69) is 52.6 Å². The van der Waals surface area contributed by atoms with Crippen molar-refractivity contribution >= 4 is 23.1 Å². The Labute approximate surface area is 150 Å². The van der Waals surface area contributed by atoms with Gasteiger partial charge in [0.05, 0.1) is 17.5 Å². The average molecular weight is 361 g/mol. The first kappa shape index (κ1) is 17.0. The summed E-state index contributed by atoms with van der Waals surface area (Å²) in [6.07, 6.45) is 0.123. The fourth-order valence-electron chi connectivity index (χ4n) is 2.27.